The molecule has 1 heterocycles. The molecule has 0 radical (unpaired) electrons. The molecule has 0 atom stereocenters. The summed E-state index contributed by atoms with van der Waals surface area (Å²) in [6.45, 7) is 1.75. The van der Waals surface area contributed by atoms with Gasteiger partial charge in [-0.3, -0.25) is 14.9 Å². The first kappa shape index (κ1) is 19.3. The van der Waals surface area contributed by atoms with Gasteiger partial charge in [0, 0.05) is 4.88 Å². The monoisotopic (exact) mass is 403 g/mol. The van der Waals surface area contributed by atoms with Crippen molar-refractivity contribution < 1.29 is 14.3 Å². The van der Waals surface area contributed by atoms with Crippen molar-refractivity contribution in [2.24, 2.45) is 5.73 Å². The van der Waals surface area contributed by atoms with Crippen LogP contribution in [0.1, 0.15) is 39.2 Å². The molecule has 0 spiro atoms. The highest BCUT2D eigenvalue weighted by Gasteiger charge is 2.24. The fourth-order valence-corrected chi connectivity index (χ4v) is 4.65. The maximum atomic E-state index is 12.1. The number of thiocarbonyl (C=S) groups is 1. The molecule has 6 nitrogen and oxygen atoms in total. The van der Waals surface area contributed by atoms with Crippen LogP contribution in [-0.4, -0.2) is 23.5 Å². The molecule has 1 aliphatic rings. The summed E-state index contributed by atoms with van der Waals surface area (Å²) in [5, 5.41) is 6.24. The summed E-state index contributed by atoms with van der Waals surface area (Å²) in [6.07, 6.45) is 3.92. The summed E-state index contributed by atoms with van der Waals surface area (Å²) >= 11 is 6.69. The van der Waals surface area contributed by atoms with E-state index in [2.05, 4.69) is 10.6 Å². The average Bonchev–Trinajstić information content (AvgIpc) is 2.98. The smallest absolute Gasteiger partial charge is 0.264 e. The predicted molar refractivity (Wildman–Crippen MR) is 111 cm³/mol. The quantitative estimate of drug-likeness (QED) is 0.668. The van der Waals surface area contributed by atoms with E-state index in [9.17, 15) is 9.59 Å². The van der Waals surface area contributed by atoms with Crippen LogP contribution in [0, 0.1) is 6.92 Å². The standard InChI is InChI=1S/C19H21N3O3S2/c1-11-6-2-4-8-13(11)25-10-15(23)21-19(26)22-18-16(17(20)24)12-7-3-5-9-14(12)27-18/h2,4,6,8H,3,5,7,9-10H2,1H3,(H2,20,24)(H2,21,22,23,26). The summed E-state index contributed by atoms with van der Waals surface area (Å²) in [5.41, 5.74) is 8.01. The average molecular weight is 404 g/mol. The molecule has 2 aromatic rings. The fourth-order valence-electron chi connectivity index (χ4n) is 3.07. The van der Waals surface area contributed by atoms with E-state index in [4.69, 9.17) is 22.7 Å². The Labute approximate surface area is 167 Å². The third-order valence-corrected chi connectivity index (χ3v) is 5.76. The maximum absolute atomic E-state index is 12.1. The molecule has 4 N–H and O–H groups in total. The second-order valence-electron chi connectivity index (χ2n) is 6.34. The lowest BCUT2D eigenvalue weighted by Crippen LogP contribution is -2.37. The number of nitrogens with two attached hydrogens (primary N) is 1. The third kappa shape index (κ3) is 4.64. The zero-order chi connectivity index (χ0) is 19.4. The first-order valence-electron chi connectivity index (χ1n) is 8.69. The number of para-hydroxylation sites is 1. The number of nitrogens with one attached hydrogen (secondary N) is 2. The van der Waals surface area contributed by atoms with Gasteiger partial charge in [0.2, 0.25) is 0 Å². The lowest BCUT2D eigenvalue weighted by atomic mass is 9.95. The van der Waals surface area contributed by atoms with Gasteiger partial charge in [0.05, 0.1) is 5.56 Å². The van der Waals surface area contributed by atoms with Crippen molar-refractivity contribution in [2.75, 3.05) is 11.9 Å². The molecule has 0 bridgehead atoms. The highest BCUT2D eigenvalue weighted by molar-refractivity contribution is 7.80. The van der Waals surface area contributed by atoms with E-state index in [1.165, 1.54) is 11.3 Å². The van der Waals surface area contributed by atoms with Crippen LogP contribution < -0.4 is 21.1 Å². The second kappa shape index (κ2) is 8.49. The number of fused-ring (bicyclic) bond motifs is 1. The van der Waals surface area contributed by atoms with E-state index in [-0.39, 0.29) is 17.6 Å². The van der Waals surface area contributed by atoms with Crippen LogP contribution >= 0.6 is 23.6 Å². The minimum atomic E-state index is -0.478. The van der Waals surface area contributed by atoms with E-state index >= 15 is 0 Å². The van der Waals surface area contributed by atoms with Gasteiger partial charge in [-0.2, -0.15) is 0 Å². The molecule has 0 saturated carbocycles. The van der Waals surface area contributed by atoms with Crippen molar-refractivity contribution >= 4 is 45.5 Å². The van der Waals surface area contributed by atoms with Crippen LogP contribution in [-0.2, 0) is 17.6 Å². The lowest BCUT2D eigenvalue weighted by Gasteiger charge is -2.12. The molecular weight excluding hydrogens is 382 g/mol. The van der Waals surface area contributed by atoms with Gasteiger partial charge in [0.25, 0.3) is 11.8 Å². The van der Waals surface area contributed by atoms with Gasteiger partial charge in [-0.05, 0) is 62.0 Å². The number of ether oxygens (including phenoxy) is 1. The summed E-state index contributed by atoms with van der Waals surface area (Å²) in [5.74, 6) is -0.208. The Morgan fingerprint density at radius 2 is 2.00 bits per heavy atom. The normalized spacial score (nSPS) is 12.8. The van der Waals surface area contributed by atoms with Crippen LogP contribution in [0.2, 0.25) is 0 Å². The number of rotatable bonds is 5. The van der Waals surface area contributed by atoms with Crippen molar-refractivity contribution in [2.45, 2.75) is 32.6 Å². The highest BCUT2D eigenvalue weighted by Crippen LogP contribution is 2.37. The fraction of sp³-hybridized carbons (Fsp3) is 0.316. The number of carbonyl (C=O) groups excluding carboxylic acids is 2. The number of aryl methyl sites for hydroxylation is 2. The molecule has 1 aromatic heterocycles. The van der Waals surface area contributed by atoms with Crippen LogP contribution in [0.3, 0.4) is 0 Å². The SMILES string of the molecule is Cc1ccccc1OCC(=O)NC(=S)Nc1sc2c(c1C(N)=O)CCCC2. The molecule has 8 heteroatoms. The van der Waals surface area contributed by atoms with Gasteiger partial charge in [0.15, 0.2) is 11.7 Å². The summed E-state index contributed by atoms with van der Waals surface area (Å²) in [4.78, 5) is 25.1. The predicted octanol–water partition coefficient (Wildman–Crippen LogP) is 2.93. The zero-order valence-corrected chi connectivity index (χ0v) is 16.6. The Morgan fingerprint density at radius 1 is 1.26 bits per heavy atom. The van der Waals surface area contributed by atoms with E-state index < -0.39 is 5.91 Å². The number of benzene rings is 1. The Hall–Kier alpha value is -2.45. The van der Waals surface area contributed by atoms with Gasteiger partial charge < -0.3 is 15.8 Å². The van der Waals surface area contributed by atoms with E-state index in [1.54, 1.807) is 6.07 Å². The number of primary amides is 1. The lowest BCUT2D eigenvalue weighted by molar-refractivity contribution is -0.121. The van der Waals surface area contributed by atoms with Crippen molar-refractivity contribution in [3.8, 4) is 5.75 Å². The molecule has 142 valence electrons. The molecule has 3 rings (SSSR count). The number of amides is 2. The van der Waals surface area contributed by atoms with E-state index in [0.29, 0.717) is 16.3 Å². The van der Waals surface area contributed by atoms with Gasteiger partial charge in [-0.15, -0.1) is 11.3 Å². The van der Waals surface area contributed by atoms with Crippen LogP contribution in [0.4, 0.5) is 5.00 Å². The minimum absolute atomic E-state index is 0.120. The first-order chi connectivity index (χ1) is 13.0. The summed E-state index contributed by atoms with van der Waals surface area (Å²) in [6, 6.07) is 7.45. The van der Waals surface area contributed by atoms with Gasteiger partial charge >= 0.3 is 0 Å². The summed E-state index contributed by atoms with van der Waals surface area (Å²) in [7, 11) is 0. The molecule has 0 fully saturated rings. The first-order valence-corrected chi connectivity index (χ1v) is 9.91. The molecular formula is C19H21N3O3S2. The highest BCUT2D eigenvalue weighted by atomic mass is 32.1. The van der Waals surface area contributed by atoms with E-state index in [1.807, 2.05) is 25.1 Å². The maximum Gasteiger partial charge on any atom is 0.264 e. The molecule has 2 amide bonds. The molecule has 0 aliphatic heterocycles. The summed E-state index contributed by atoms with van der Waals surface area (Å²) < 4.78 is 5.51. The minimum Gasteiger partial charge on any atom is -0.483 e. The van der Waals surface area contributed by atoms with Gasteiger partial charge in [-0.25, -0.2) is 0 Å². The molecule has 1 aromatic carbocycles. The van der Waals surface area contributed by atoms with Crippen LogP contribution in [0.15, 0.2) is 24.3 Å². The Bertz CT molecular complexity index is 892. The Morgan fingerprint density at radius 3 is 2.74 bits per heavy atom. The zero-order valence-electron chi connectivity index (χ0n) is 15.0. The Balaban J connectivity index is 1.61. The van der Waals surface area contributed by atoms with Crippen molar-refractivity contribution in [3.63, 3.8) is 0 Å². The van der Waals surface area contributed by atoms with Crippen molar-refractivity contribution in [1.82, 2.24) is 5.32 Å². The van der Waals surface area contributed by atoms with Crippen LogP contribution in [0.5, 0.6) is 5.75 Å². The number of anilines is 1. The number of thiophene rings is 1. The third-order valence-electron chi connectivity index (χ3n) is 4.35. The number of hydrogen-bond donors (Lipinski definition) is 3. The Kier molecular flexibility index (Phi) is 6.08. The van der Waals surface area contributed by atoms with Crippen molar-refractivity contribution in [3.05, 3.63) is 45.8 Å². The molecule has 27 heavy (non-hydrogen) atoms. The molecule has 0 saturated heterocycles. The topological polar surface area (TPSA) is 93.4 Å². The largest absolute Gasteiger partial charge is 0.483 e. The van der Waals surface area contributed by atoms with Gasteiger partial charge in [-0.1, -0.05) is 18.2 Å². The van der Waals surface area contributed by atoms with Crippen LogP contribution in [0.25, 0.3) is 0 Å². The number of hydrogen-bond acceptors (Lipinski definition) is 5. The number of carbonyl (C=O) groups is 2. The second-order valence-corrected chi connectivity index (χ2v) is 7.85. The van der Waals surface area contributed by atoms with Crippen molar-refractivity contribution in [1.29, 1.82) is 0 Å². The molecule has 1 aliphatic carbocycles. The van der Waals surface area contributed by atoms with Gasteiger partial charge in [0.1, 0.15) is 10.8 Å². The molecule has 0 unspecified atom stereocenters. The van der Waals surface area contributed by atoms with E-state index in [0.717, 1.165) is 41.7 Å².